The molecule has 0 bridgehead atoms. The van der Waals surface area contributed by atoms with Crippen LogP contribution in [-0.4, -0.2) is 19.6 Å². The van der Waals surface area contributed by atoms with E-state index in [0.717, 1.165) is 13.0 Å². The van der Waals surface area contributed by atoms with Crippen LogP contribution in [0.1, 0.15) is 20.3 Å². The van der Waals surface area contributed by atoms with Gasteiger partial charge in [-0.15, -0.1) is 0 Å². The lowest BCUT2D eigenvalue weighted by Gasteiger charge is -2.23. The summed E-state index contributed by atoms with van der Waals surface area (Å²) in [4.78, 5) is 2.25. The Kier molecular flexibility index (Phi) is 4.63. The van der Waals surface area contributed by atoms with Crippen molar-refractivity contribution in [2.24, 2.45) is 11.7 Å². The Bertz CT molecular complexity index is 269. The summed E-state index contributed by atoms with van der Waals surface area (Å²) in [5.74, 6) is 0.564. The second-order valence-electron chi connectivity index (χ2n) is 4.45. The number of hydrogen-bond donors (Lipinski definition) is 1. The van der Waals surface area contributed by atoms with Crippen LogP contribution < -0.4 is 10.6 Å². The normalized spacial score (nSPS) is 12.9. The molecule has 1 rings (SSSR count). The summed E-state index contributed by atoms with van der Waals surface area (Å²) < 4.78 is 0. The topological polar surface area (TPSA) is 29.3 Å². The summed E-state index contributed by atoms with van der Waals surface area (Å²) in [5.41, 5.74) is 7.27. The molecule has 2 heteroatoms. The van der Waals surface area contributed by atoms with Crippen LogP contribution in [0.2, 0.25) is 0 Å². The van der Waals surface area contributed by atoms with E-state index in [1.54, 1.807) is 0 Å². The Labute approximate surface area is 93.1 Å². The molecule has 1 aromatic rings. The van der Waals surface area contributed by atoms with E-state index in [9.17, 15) is 0 Å². The molecule has 15 heavy (non-hydrogen) atoms. The third-order valence-electron chi connectivity index (χ3n) is 2.85. The van der Waals surface area contributed by atoms with E-state index in [2.05, 4.69) is 50.1 Å². The van der Waals surface area contributed by atoms with Crippen LogP contribution >= 0.6 is 0 Å². The number of benzene rings is 1. The van der Waals surface area contributed by atoms with Crippen LogP contribution in [0.3, 0.4) is 0 Å². The molecule has 0 spiro atoms. The molecule has 0 aliphatic rings. The highest BCUT2D eigenvalue weighted by Gasteiger charge is 2.08. The monoisotopic (exact) mass is 206 g/mol. The van der Waals surface area contributed by atoms with Crippen LogP contribution in [0, 0.1) is 5.92 Å². The molecular weight excluding hydrogens is 184 g/mol. The van der Waals surface area contributed by atoms with E-state index in [0.29, 0.717) is 12.0 Å². The predicted octanol–water partition coefficient (Wildman–Crippen LogP) is 2.50. The average molecular weight is 206 g/mol. The third kappa shape index (κ3) is 3.92. The highest BCUT2D eigenvalue weighted by atomic mass is 15.1. The minimum atomic E-state index is 0.302. The molecular formula is C13H22N2. The number of nitrogens with two attached hydrogens (primary N) is 1. The van der Waals surface area contributed by atoms with Gasteiger partial charge >= 0.3 is 0 Å². The lowest BCUT2D eigenvalue weighted by Crippen LogP contribution is -2.31. The van der Waals surface area contributed by atoms with Gasteiger partial charge in [-0.3, -0.25) is 0 Å². The second kappa shape index (κ2) is 5.76. The molecule has 0 saturated heterocycles. The van der Waals surface area contributed by atoms with Gasteiger partial charge in [0.15, 0.2) is 0 Å². The fourth-order valence-electron chi connectivity index (χ4n) is 1.49. The summed E-state index contributed by atoms with van der Waals surface area (Å²) in [7, 11) is 2.11. The second-order valence-corrected chi connectivity index (χ2v) is 4.45. The largest absolute Gasteiger partial charge is 0.375 e. The quantitative estimate of drug-likeness (QED) is 0.802. The Morgan fingerprint density at radius 3 is 2.33 bits per heavy atom. The standard InChI is InChI=1S/C13H22N2/c1-11(2)13(14)9-10-15(3)12-7-5-4-6-8-12/h4-8,11,13H,9-10,14H2,1-3H3. The summed E-state index contributed by atoms with van der Waals surface area (Å²) in [6, 6.07) is 10.7. The number of rotatable bonds is 5. The van der Waals surface area contributed by atoms with Crippen molar-refractivity contribution >= 4 is 5.69 Å². The smallest absolute Gasteiger partial charge is 0.0363 e. The van der Waals surface area contributed by atoms with Crippen LogP contribution in [-0.2, 0) is 0 Å². The number of hydrogen-bond acceptors (Lipinski definition) is 2. The molecule has 0 saturated carbocycles. The molecule has 1 unspecified atom stereocenters. The zero-order valence-electron chi connectivity index (χ0n) is 9.98. The predicted molar refractivity (Wildman–Crippen MR) is 67.1 cm³/mol. The van der Waals surface area contributed by atoms with Gasteiger partial charge in [-0.05, 0) is 24.5 Å². The molecule has 0 radical (unpaired) electrons. The first-order chi connectivity index (χ1) is 7.11. The molecule has 1 aromatic carbocycles. The highest BCUT2D eigenvalue weighted by molar-refractivity contribution is 5.44. The van der Waals surface area contributed by atoms with E-state index in [4.69, 9.17) is 5.73 Å². The minimum Gasteiger partial charge on any atom is -0.375 e. The van der Waals surface area contributed by atoms with Gasteiger partial charge in [-0.25, -0.2) is 0 Å². The Morgan fingerprint density at radius 1 is 1.20 bits per heavy atom. The Morgan fingerprint density at radius 2 is 1.80 bits per heavy atom. The zero-order chi connectivity index (χ0) is 11.3. The maximum absolute atomic E-state index is 6.02. The maximum Gasteiger partial charge on any atom is 0.0363 e. The minimum absolute atomic E-state index is 0.302. The van der Waals surface area contributed by atoms with E-state index in [1.165, 1.54) is 5.69 Å². The molecule has 0 aliphatic heterocycles. The number of anilines is 1. The fraction of sp³-hybridized carbons (Fsp3) is 0.538. The van der Waals surface area contributed by atoms with Crippen molar-refractivity contribution in [3.8, 4) is 0 Å². The van der Waals surface area contributed by atoms with Crippen molar-refractivity contribution in [1.82, 2.24) is 0 Å². The molecule has 2 N–H and O–H groups in total. The molecule has 0 amide bonds. The zero-order valence-corrected chi connectivity index (χ0v) is 9.98. The highest BCUT2D eigenvalue weighted by Crippen LogP contribution is 2.12. The van der Waals surface area contributed by atoms with E-state index in [-0.39, 0.29) is 0 Å². The van der Waals surface area contributed by atoms with Gasteiger partial charge in [0.2, 0.25) is 0 Å². The Balaban J connectivity index is 2.40. The van der Waals surface area contributed by atoms with Crippen LogP contribution in [0.25, 0.3) is 0 Å². The van der Waals surface area contributed by atoms with Gasteiger partial charge in [0.05, 0.1) is 0 Å². The third-order valence-corrected chi connectivity index (χ3v) is 2.85. The number of para-hydroxylation sites is 1. The molecule has 0 aromatic heterocycles. The van der Waals surface area contributed by atoms with Crippen molar-refractivity contribution in [2.75, 3.05) is 18.5 Å². The number of nitrogens with zero attached hydrogens (tertiary/aromatic N) is 1. The van der Waals surface area contributed by atoms with E-state index < -0.39 is 0 Å². The van der Waals surface area contributed by atoms with Gasteiger partial charge < -0.3 is 10.6 Å². The lowest BCUT2D eigenvalue weighted by molar-refractivity contribution is 0.466. The van der Waals surface area contributed by atoms with Crippen molar-refractivity contribution < 1.29 is 0 Å². The molecule has 0 fully saturated rings. The summed E-state index contributed by atoms with van der Waals surface area (Å²) >= 11 is 0. The van der Waals surface area contributed by atoms with Crippen LogP contribution in [0.4, 0.5) is 5.69 Å². The first-order valence-corrected chi connectivity index (χ1v) is 5.63. The summed E-state index contributed by atoms with van der Waals surface area (Å²) in [6.45, 7) is 5.36. The molecule has 0 heterocycles. The van der Waals surface area contributed by atoms with Crippen LogP contribution in [0.15, 0.2) is 30.3 Å². The fourth-order valence-corrected chi connectivity index (χ4v) is 1.49. The summed E-state index contributed by atoms with van der Waals surface area (Å²) in [6.07, 6.45) is 1.04. The molecule has 84 valence electrons. The van der Waals surface area contributed by atoms with Crippen molar-refractivity contribution in [1.29, 1.82) is 0 Å². The van der Waals surface area contributed by atoms with E-state index >= 15 is 0 Å². The summed E-state index contributed by atoms with van der Waals surface area (Å²) in [5, 5.41) is 0. The SMILES string of the molecule is CC(C)C(N)CCN(C)c1ccccc1. The van der Waals surface area contributed by atoms with Gasteiger partial charge in [0.25, 0.3) is 0 Å². The van der Waals surface area contributed by atoms with Gasteiger partial charge in [0, 0.05) is 25.3 Å². The van der Waals surface area contributed by atoms with Gasteiger partial charge in [0.1, 0.15) is 0 Å². The van der Waals surface area contributed by atoms with Crippen LogP contribution in [0.5, 0.6) is 0 Å². The lowest BCUT2D eigenvalue weighted by atomic mass is 10.0. The van der Waals surface area contributed by atoms with Gasteiger partial charge in [-0.1, -0.05) is 32.0 Å². The van der Waals surface area contributed by atoms with E-state index in [1.807, 2.05) is 6.07 Å². The maximum atomic E-state index is 6.02. The first-order valence-electron chi connectivity index (χ1n) is 5.63. The molecule has 0 aliphatic carbocycles. The van der Waals surface area contributed by atoms with Crippen molar-refractivity contribution in [2.45, 2.75) is 26.3 Å². The Hall–Kier alpha value is -1.02. The average Bonchev–Trinajstić information content (AvgIpc) is 2.26. The molecule has 2 nitrogen and oxygen atoms in total. The first kappa shape index (κ1) is 12.1. The van der Waals surface area contributed by atoms with Crippen molar-refractivity contribution in [3.63, 3.8) is 0 Å². The molecule has 1 atom stereocenters. The van der Waals surface area contributed by atoms with Crippen molar-refractivity contribution in [3.05, 3.63) is 30.3 Å². The van der Waals surface area contributed by atoms with Gasteiger partial charge in [-0.2, -0.15) is 0 Å².